The molecule has 0 bridgehead atoms. The molecule has 1 atom stereocenters. The molecule has 4 rings (SSSR count). The average Bonchev–Trinajstić information content (AvgIpc) is 3.18. The number of ether oxygens (including phenoxy) is 1. The molecule has 2 aromatic carbocycles. The summed E-state index contributed by atoms with van der Waals surface area (Å²) >= 11 is 0. The smallest absolute Gasteiger partial charge is 0.425 e. The Labute approximate surface area is 199 Å². The second-order valence-corrected chi connectivity index (χ2v) is 8.42. The topological polar surface area (TPSA) is 89.1 Å². The van der Waals surface area contributed by atoms with Crippen LogP contribution in [0.1, 0.15) is 47.4 Å². The predicted molar refractivity (Wildman–Crippen MR) is 129 cm³/mol. The molecule has 1 unspecified atom stereocenters. The fraction of sp³-hybridized carbons (Fsp3) is 0.346. The van der Waals surface area contributed by atoms with Crippen LogP contribution in [0.15, 0.2) is 48.5 Å². The number of imidazole rings is 1. The van der Waals surface area contributed by atoms with Crippen LogP contribution in [0, 0.1) is 6.92 Å². The number of hydrogen-bond donors (Lipinski definition) is 2. The molecule has 3 aromatic rings. The van der Waals surface area contributed by atoms with Gasteiger partial charge in [0, 0.05) is 19.6 Å². The highest BCUT2D eigenvalue weighted by Gasteiger charge is 2.46. The van der Waals surface area contributed by atoms with Crippen LogP contribution in [0.2, 0.25) is 0 Å². The molecule has 0 aliphatic carbocycles. The molecule has 0 fully saturated rings. The Balaban J connectivity index is 1.80. The number of benzene rings is 2. The van der Waals surface area contributed by atoms with Crippen LogP contribution in [0.4, 0.5) is 10.6 Å². The van der Waals surface area contributed by atoms with Gasteiger partial charge in [0.1, 0.15) is 5.75 Å². The van der Waals surface area contributed by atoms with Crippen LogP contribution >= 0.6 is 0 Å². The van der Waals surface area contributed by atoms with Crippen molar-refractivity contribution in [1.29, 1.82) is 0 Å². The van der Waals surface area contributed by atoms with E-state index >= 15 is 0 Å². The van der Waals surface area contributed by atoms with Gasteiger partial charge < -0.3 is 9.84 Å². The number of aliphatic hydroxyl groups is 1. The lowest BCUT2D eigenvalue weighted by molar-refractivity contribution is -0.724. The molecule has 178 valence electrons. The van der Waals surface area contributed by atoms with E-state index in [1.165, 1.54) is 10.5 Å². The molecule has 0 saturated carbocycles. The highest BCUT2D eigenvalue weighted by molar-refractivity contribution is 6.06. The van der Waals surface area contributed by atoms with Gasteiger partial charge in [0.05, 0.1) is 13.1 Å². The van der Waals surface area contributed by atoms with Crippen LogP contribution in [-0.2, 0) is 13.0 Å². The van der Waals surface area contributed by atoms with E-state index in [9.17, 15) is 14.7 Å². The zero-order valence-electron chi connectivity index (χ0n) is 19.9. The van der Waals surface area contributed by atoms with Crippen molar-refractivity contribution in [2.75, 3.05) is 24.6 Å². The predicted octanol–water partition coefficient (Wildman–Crippen LogP) is 2.96. The first-order chi connectivity index (χ1) is 16.5. The molecule has 8 heteroatoms. The summed E-state index contributed by atoms with van der Waals surface area (Å²) in [7, 11) is 0. The molecule has 1 aromatic heterocycles. The lowest BCUT2D eigenvalue weighted by Gasteiger charge is -2.27. The van der Waals surface area contributed by atoms with E-state index in [1.54, 1.807) is 4.57 Å². The van der Waals surface area contributed by atoms with Crippen LogP contribution in [-0.4, -0.2) is 46.3 Å². The number of carbonyl (C=O) groups is 2. The second kappa shape index (κ2) is 10.2. The Bertz CT molecular complexity index is 1170. The zero-order valence-corrected chi connectivity index (χ0v) is 19.9. The highest BCUT2D eigenvalue weighted by Crippen LogP contribution is 2.31. The number of anilines is 1. The van der Waals surface area contributed by atoms with Gasteiger partial charge in [0.2, 0.25) is 0 Å². The summed E-state index contributed by atoms with van der Waals surface area (Å²) in [4.78, 5) is 32.9. The van der Waals surface area contributed by atoms with Crippen molar-refractivity contribution >= 4 is 17.8 Å². The Hall–Kier alpha value is -3.49. The monoisotopic (exact) mass is 463 g/mol. The minimum Gasteiger partial charge on any atom is -0.425 e. The molecular weight excluding hydrogens is 432 g/mol. The van der Waals surface area contributed by atoms with E-state index in [1.807, 2.05) is 62.4 Å². The van der Waals surface area contributed by atoms with Crippen molar-refractivity contribution in [3.8, 4) is 11.8 Å². The van der Waals surface area contributed by atoms with Gasteiger partial charge in [-0.05, 0) is 43.5 Å². The van der Waals surface area contributed by atoms with E-state index < -0.39 is 0 Å². The molecule has 3 amide bonds. The van der Waals surface area contributed by atoms with Gasteiger partial charge in [-0.1, -0.05) is 48.9 Å². The first-order valence-corrected chi connectivity index (χ1v) is 11.7. The summed E-state index contributed by atoms with van der Waals surface area (Å²) < 4.78 is 7.92. The quantitative estimate of drug-likeness (QED) is 0.509. The van der Waals surface area contributed by atoms with Crippen molar-refractivity contribution in [3.63, 3.8) is 0 Å². The summed E-state index contributed by atoms with van der Waals surface area (Å²) in [6.45, 7) is 6.83. The van der Waals surface area contributed by atoms with Gasteiger partial charge in [0.25, 0.3) is 0 Å². The third-order valence-corrected chi connectivity index (χ3v) is 6.07. The van der Waals surface area contributed by atoms with Crippen LogP contribution < -0.4 is 14.5 Å². The van der Waals surface area contributed by atoms with Crippen molar-refractivity contribution < 1.29 is 24.3 Å². The minimum atomic E-state index is -0.354. The number of rotatable bonds is 9. The molecule has 2 N–H and O–H groups in total. The van der Waals surface area contributed by atoms with Gasteiger partial charge in [-0.15, -0.1) is 0 Å². The number of fused-ring (bicyclic) bond motifs is 1. The largest absolute Gasteiger partial charge is 0.431 e. The number of aliphatic hydroxyl groups excluding tert-OH is 1. The molecule has 0 spiro atoms. The second-order valence-electron chi connectivity index (χ2n) is 8.42. The highest BCUT2D eigenvalue weighted by atomic mass is 16.5. The summed E-state index contributed by atoms with van der Waals surface area (Å²) in [5, 5.41) is 9.28. The number of urea groups is 1. The van der Waals surface area contributed by atoms with Crippen molar-refractivity contribution in [2.24, 2.45) is 0 Å². The number of aromatic nitrogens is 2. The van der Waals surface area contributed by atoms with Gasteiger partial charge in [-0.25, -0.2) is 14.5 Å². The Morgan fingerprint density at radius 2 is 1.68 bits per heavy atom. The number of nitrogens with zero attached hydrogens (tertiary/aromatic N) is 3. The van der Waals surface area contributed by atoms with Crippen LogP contribution in [0.25, 0.3) is 0 Å². The van der Waals surface area contributed by atoms with Gasteiger partial charge in [-0.2, -0.15) is 9.88 Å². The number of nitrogens with one attached hydrogen (secondary N) is 1. The first-order valence-electron chi connectivity index (χ1n) is 11.7. The molecule has 1 aliphatic heterocycles. The first kappa shape index (κ1) is 23.7. The van der Waals surface area contributed by atoms with E-state index in [4.69, 9.17) is 4.74 Å². The van der Waals surface area contributed by atoms with Crippen molar-refractivity contribution in [1.82, 2.24) is 9.55 Å². The lowest BCUT2D eigenvalue weighted by atomic mass is 10.1. The molecular formula is C26H31N4O4+. The van der Waals surface area contributed by atoms with Gasteiger partial charge >= 0.3 is 17.9 Å². The summed E-state index contributed by atoms with van der Waals surface area (Å²) in [5.74, 6) is 0.572. The maximum absolute atomic E-state index is 13.5. The number of aryl methyl sites for hydroxylation is 2. The maximum atomic E-state index is 13.5. The van der Waals surface area contributed by atoms with E-state index in [0.29, 0.717) is 36.8 Å². The third-order valence-electron chi connectivity index (χ3n) is 6.07. The average molecular weight is 464 g/mol. The van der Waals surface area contributed by atoms with Gasteiger partial charge in [-0.3, -0.25) is 4.57 Å². The van der Waals surface area contributed by atoms with E-state index in [-0.39, 0.29) is 36.0 Å². The normalized spacial score (nSPS) is 15.5. The molecule has 0 radical (unpaired) electrons. The lowest BCUT2D eigenvalue weighted by Crippen LogP contribution is -3.19. The number of hydrogen-bond acceptors (Lipinski definition) is 5. The molecule has 8 nitrogen and oxygen atoms in total. The zero-order chi connectivity index (χ0) is 24.2. The van der Waals surface area contributed by atoms with Crippen LogP contribution in [0.3, 0.4) is 0 Å². The fourth-order valence-electron chi connectivity index (χ4n) is 4.10. The number of carbonyl (C=O) groups excluding carboxylic acids is 2. The van der Waals surface area contributed by atoms with Gasteiger partial charge in [0.15, 0.2) is 11.5 Å². The molecule has 34 heavy (non-hydrogen) atoms. The third kappa shape index (κ3) is 4.60. The number of imide groups is 1. The fourth-order valence-corrected chi connectivity index (χ4v) is 4.10. The molecule has 2 heterocycles. The number of quaternary nitrogens is 1. The SMILES string of the molecule is CCc1ccc(Oc2nc3c(n2Cc2ccc(C)cc2)C(=O)[NH+](CCCO)C(=O)N3CC)cc1. The van der Waals surface area contributed by atoms with Crippen LogP contribution in [0.5, 0.6) is 11.8 Å². The number of amides is 3. The maximum Gasteiger partial charge on any atom is 0.431 e. The van der Waals surface area contributed by atoms with E-state index in [2.05, 4.69) is 11.9 Å². The standard InChI is InChI=1S/C26H30N4O4/c1-4-19-11-13-21(14-12-19)34-25-27-23-22(30(25)17-20-9-7-18(3)8-10-20)24(32)29(15-6-16-31)26(33)28(23)5-2/h7-14,31H,4-6,15-17H2,1-3H3/p+1. The minimum absolute atomic E-state index is 0.0895. The Morgan fingerprint density at radius 1 is 1.00 bits per heavy atom. The van der Waals surface area contributed by atoms with Crippen molar-refractivity contribution in [2.45, 2.75) is 40.2 Å². The van der Waals surface area contributed by atoms with E-state index in [0.717, 1.165) is 17.5 Å². The Kier molecular flexibility index (Phi) is 7.09. The summed E-state index contributed by atoms with van der Waals surface area (Å²) in [5.41, 5.74) is 3.66. The molecule has 0 saturated heterocycles. The summed E-state index contributed by atoms with van der Waals surface area (Å²) in [6.07, 6.45) is 1.27. The molecule has 1 aliphatic rings. The summed E-state index contributed by atoms with van der Waals surface area (Å²) in [6, 6.07) is 15.7. The Morgan fingerprint density at radius 3 is 2.29 bits per heavy atom. The van der Waals surface area contributed by atoms with Crippen molar-refractivity contribution in [3.05, 3.63) is 70.9 Å².